The number of unbranched alkanes of at least 4 members (excludes halogenated alkanes) is 2. The summed E-state index contributed by atoms with van der Waals surface area (Å²) in [7, 11) is 0. The van der Waals surface area contributed by atoms with E-state index in [1.807, 2.05) is 29.6 Å². The van der Waals surface area contributed by atoms with Crippen LogP contribution in [0.3, 0.4) is 0 Å². The van der Waals surface area contributed by atoms with Crippen molar-refractivity contribution in [2.75, 3.05) is 26.2 Å². The fourth-order valence-electron chi connectivity index (χ4n) is 11.6. The maximum absolute atomic E-state index is 14.5. The predicted octanol–water partition coefficient (Wildman–Crippen LogP) is -7.13. The fraction of sp³-hybridized carbons (Fsp3) is 0.618. The van der Waals surface area contributed by atoms with Crippen LogP contribution >= 0.6 is 0 Å². The number of aromatic nitrogens is 1. The average molecular weight is 1570 g/mol. The Morgan fingerprint density at radius 3 is 1.35 bits per heavy atom. The second-order valence-corrected chi connectivity index (χ2v) is 27.1. The topological polar surface area (TPSA) is 726 Å². The van der Waals surface area contributed by atoms with E-state index < -0.39 is 236 Å². The number of aliphatic imine (C=N–C) groups is 1. The highest BCUT2D eigenvalue weighted by molar-refractivity contribution is 6.01. The largest absolute Gasteiger partial charge is 0.481 e. The zero-order valence-electron chi connectivity index (χ0n) is 62.3. The number of guanidine groups is 1. The van der Waals surface area contributed by atoms with Gasteiger partial charge < -0.3 is 133 Å². The lowest BCUT2D eigenvalue weighted by Crippen LogP contribution is -2.62. The quantitative estimate of drug-likeness (QED) is 0.0166. The summed E-state index contributed by atoms with van der Waals surface area (Å²) < 4.78 is 0. The Morgan fingerprint density at radius 2 is 0.901 bits per heavy atom. The van der Waals surface area contributed by atoms with E-state index in [1.54, 1.807) is 6.20 Å². The van der Waals surface area contributed by atoms with Crippen molar-refractivity contribution in [2.45, 2.75) is 235 Å². The van der Waals surface area contributed by atoms with Gasteiger partial charge in [0.1, 0.15) is 72.5 Å². The maximum Gasteiger partial charge on any atom is 0.326 e. The molecule has 1 saturated heterocycles. The SMILES string of the molecule is CC(C)[C@H](NC(=O)[C@H](CCC(=O)O)NC(=O)[C@H](CCC(=O)O)NC(=O)[C@H](CCCN=C(N)N)NC(=O)[C@H](CCCCN)NC(=O)[C@@H](NC(=O)[C@H](CCCCN)NC(=O)[C@H](CC(=O)O)NC(=O)[C@@H](NC(=O)[C@H](C)NC(=O)[C@@H]1CCCN1C(=O)[C@@H](N)Cc1c[nH]c2ccccc12)[C@@H](C)O)[C@@H](C)O)C(=O)N[C@@H](CC(=O)O)C(=O)O. The number of nitrogens with two attached hydrogens (primary N) is 5. The van der Waals surface area contributed by atoms with Gasteiger partial charge in [-0.1, -0.05) is 32.0 Å². The van der Waals surface area contributed by atoms with Crippen LogP contribution in [-0.4, -0.2) is 269 Å². The van der Waals surface area contributed by atoms with Gasteiger partial charge in [0.15, 0.2) is 5.96 Å². The minimum atomic E-state index is -2.07. The lowest BCUT2D eigenvalue weighted by atomic mass is 10.0. The predicted molar refractivity (Wildman–Crippen MR) is 391 cm³/mol. The van der Waals surface area contributed by atoms with E-state index >= 15 is 0 Å². The smallest absolute Gasteiger partial charge is 0.326 e. The van der Waals surface area contributed by atoms with Gasteiger partial charge in [0.25, 0.3) is 0 Å². The number of rotatable bonds is 51. The number of fused-ring (bicyclic) bond motifs is 1. The number of para-hydroxylation sites is 1. The van der Waals surface area contributed by atoms with Crippen LogP contribution in [0.2, 0.25) is 0 Å². The molecule has 1 aliphatic rings. The molecule has 0 unspecified atom stereocenters. The second-order valence-electron chi connectivity index (χ2n) is 27.1. The molecular formula is C68H107N19O24. The zero-order chi connectivity index (χ0) is 83.5. The molecule has 1 fully saturated rings. The number of likely N-dealkylation sites (tertiary alicyclic amines) is 1. The van der Waals surface area contributed by atoms with Crippen molar-refractivity contribution in [3.05, 3.63) is 36.0 Å². The first-order valence-corrected chi connectivity index (χ1v) is 36.1. The molecule has 2 heterocycles. The number of carboxylic acids is 5. The highest BCUT2D eigenvalue weighted by Gasteiger charge is 2.41. The number of aromatic amines is 1. The average Bonchev–Trinajstić information content (AvgIpc) is 1.70. The lowest BCUT2D eigenvalue weighted by molar-refractivity contribution is -0.147. The first kappa shape index (κ1) is 94.0. The summed E-state index contributed by atoms with van der Waals surface area (Å²) in [5.74, 6) is -22.8. The maximum atomic E-state index is 14.5. The van der Waals surface area contributed by atoms with Crippen molar-refractivity contribution >= 4 is 118 Å². The third-order valence-corrected chi connectivity index (χ3v) is 17.7. The second kappa shape index (κ2) is 47.0. The van der Waals surface area contributed by atoms with E-state index in [2.05, 4.69) is 63.1 Å². The molecule has 15 atom stereocenters. The molecule has 1 aromatic heterocycles. The molecule has 43 heteroatoms. The van der Waals surface area contributed by atoms with Crippen LogP contribution in [0.5, 0.6) is 0 Å². The Labute approximate surface area is 637 Å². The van der Waals surface area contributed by atoms with Crippen LogP contribution in [0.25, 0.3) is 10.9 Å². The summed E-state index contributed by atoms with van der Waals surface area (Å²) >= 11 is 0. The van der Waals surface area contributed by atoms with Crippen molar-refractivity contribution in [1.82, 2.24) is 68.4 Å². The normalized spacial score (nSPS) is 16.4. The van der Waals surface area contributed by atoms with Gasteiger partial charge in [0.05, 0.1) is 31.1 Å². The van der Waals surface area contributed by atoms with Gasteiger partial charge in [-0.3, -0.25) is 81.7 Å². The third-order valence-electron chi connectivity index (χ3n) is 17.7. The van der Waals surface area contributed by atoms with E-state index in [9.17, 15) is 117 Å². The van der Waals surface area contributed by atoms with Gasteiger partial charge in [-0.25, -0.2) is 4.79 Å². The number of H-pyrrole nitrogens is 1. The van der Waals surface area contributed by atoms with Crippen molar-refractivity contribution in [3.63, 3.8) is 0 Å². The molecule has 12 amide bonds. The van der Waals surface area contributed by atoms with Gasteiger partial charge in [-0.15, -0.1) is 0 Å². The highest BCUT2D eigenvalue weighted by atomic mass is 16.4. The van der Waals surface area contributed by atoms with Crippen LogP contribution in [0.4, 0.5) is 0 Å². The molecule has 0 bridgehead atoms. The summed E-state index contributed by atoms with van der Waals surface area (Å²) in [6.07, 6.45) is -6.82. The van der Waals surface area contributed by atoms with Crippen LogP contribution in [0.15, 0.2) is 35.5 Å². The number of nitrogens with one attached hydrogen (secondary N) is 12. The number of nitrogens with zero attached hydrogens (tertiary/aromatic N) is 2. The Balaban J connectivity index is 1.89. The third kappa shape index (κ3) is 32.1. The van der Waals surface area contributed by atoms with E-state index in [-0.39, 0.29) is 96.3 Å². The first-order chi connectivity index (χ1) is 52.2. The molecule has 2 aromatic rings. The number of benzene rings is 1. The highest BCUT2D eigenvalue weighted by Crippen LogP contribution is 2.23. The monoisotopic (exact) mass is 1570 g/mol. The van der Waals surface area contributed by atoms with Gasteiger partial charge >= 0.3 is 29.8 Å². The fourth-order valence-corrected chi connectivity index (χ4v) is 11.6. The Hall–Kier alpha value is -11.2. The lowest BCUT2D eigenvalue weighted by Gasteiger charge is -2.29. The van der Waals surface area contributed by atoms with Gasteiger partial charge in [-0.05, 0) is 135 Å². The van der Waals surface area contributed by atoms with Crippen molar-refractivity contribution in [1.29, 1.82) is 0 Å². The van der Waals surface area contributed by atoms with Crippen molar-refractivity contribution < 1.29 is 117 Å². The molecule has 111 heavy (non-hydrogen) atoms. The zero-order valence-corrected chi connectivity index (χ0v) is 62.3. The Morgan fingerprint density at radius 1 is 0.495 bits per heavy atom. The van der Waals surface area contributed by atoms with Crippen LogP contribution in [0, 0.1) is 5.92 Å². The van der Waals surface area contributed by atoms with E-state index in [0.29, 0.717) is 6.42 Å². The first-order valence-electron chi connectivity index (χ1n) is 36.1. The van der Waals surface area contributed by atoms with Crippen molar-refractivity contribution in [3.8, 4) is 0 Å². The number of hydrogen-bond donors (Lipinski definition) is 24. The molecule has 1 aromatic carbocycles. The number of aliphatic carboxylic acids is 5. The summed E-state index contributed by atoms with van der Waals surface area (Å²) in [6, 6.07) is -14.6. The summed E-state index contributed by atoms with van der Waals surface area (Å²) in [5, 5.41) is 95.9. The Kier molecular flexibility index (Phi) is 39.8. The van der Waals surface area contributed by atoms with E-state index in [0.717, 1.165) is 30.3 Å². The van der Waals surface area contributed by atoms with E-state index in [4.69, 9.17) is 28.7 Å². The van der Waals surface area contributed by atoms with Crippen molar-refractivity contribution in [2.24, 2.45) is 39.6 Å². The molecule has 43 nitrogen and oxygen atoms in total. The molecule has 0 saturated carbocycles. The van der Waals surface area contributed by atoms with Crippen LogP contribution in [-0.2, 0) is 87.9 Å². The summed E-state index contributed by atoms with van der Waals surface area (Å²) in [4.78, 5) is 235. The molecule has 0 aliphatic carbocycles. The molecule has 0 spiro atoms. The molecule has 618 valence electrons. The number of amides is 12. The number of aliphatic hydroxyl groups excluding tert-OH is 2. The minimum absolute atomic E-state index is 0.0576. The van der Waals surface area contributed by atoms with Gasteiger partial charge in [0, 0.05) is 43.0 Å². The number of carboxylic acid groups (broad SMARTS) is 5. The molecule has 3 rings (SSSR count). The molecular weight excluding hydrogens is 1470 g/mol. The number of aliphatic hydroxyl groups is 2. The summed E-state index contributed by atoms with van der Waals surface area (Å²) in [5.41, 5.74) is 30.5. The standard InChI is InChI=1S/C68H107N19O24/c1-32(2)52(63(106)83-46(67(110)111)30-51(96)97)84-60(103)44(21-23-49(92)93)80-58(101)43(20-22-48(90)91)79-57(100)42(18-12-26-74-68(72)73)77-56(99)40(16-8-10-24-69)81-64(107)54(35(5)89)86-59(102)41(17-9-11-25-70)78-61(104)45(29-50(94)95)82-65(108)53(34(4)88)85-55(98)33(3)76-62(105)47-19-13-27-87(47)66(109)38(71)28-36-31-75-39-15-7-6-14-37(36)39/h6-7,14-15,31-35,38,40-47,52-54,75,88-89H,8-13,16-30,69-71H2,1-5H3,(H,76,105)(H,77,99)(H,78,104)(H,79,100)(H,80,101)(H,81,107)(H,82,108)(H,83,106)(H,84,103)(H,85,98)(H,86,102)(H,90,91)(H,92,93)(H,94,95)(H,96,97)(H,110,111)(H4,72,73,74)/t33-,34+,35+,38-,40-,41-,42-,43-,44-,45-,46-,47-,52-,53-,54-/m0/s1. The number of carbonyl (C=O) groups excluding carboxylic acids is 12. The van der Waals surface area contributed by atoms with Gasteiger partial charge in [-0.2, -0.15) is 0 Å². The van der Waals surface area contributed by atoms with Gasteiger partial charge in [0.2, 0.25) is 70.9 Å². The number of hydrogen-bond acceptors (Lipinski definition) is 23. The van der Waals surface area contributed by atoms with Crippen LogP contribution in [0.1, 0.15) is 143 Å². The summed E-state index contributed by atoms with van der Waals surface area (Å²) in [6.45, 7) is 6.27. The molecule has 29 N–H and O–H groups in total. The number of carbonyl (C=O) groups is 17. The molecule has 1 aliphatic heterocycles. The molecule has 0 radical (unpaired) electrons. The van der Waals surface area contributed by atoms with Crippen LogP contribution < -0.4 is 87.2 Å². The minimum Gasteiger partial charge on any atom is -0.481 e. The van der Waals surface area contributed by atoms with E-state index in [1.165, 1.54) is 25.7 Å². The Bertz CT molecular complexity index is 3630.